The predicted molar refractivity (Wildman–Crippen MR) is 446 cm³/mol. The molecule has 0 radical (unpaired) electrons. The first-order valence-electron chi connectivity index (χ1n) is 39.8. The highest BCUT2D eigenvalue weighted by Crippen LogP contribution is 2.50. The van der Waals surface area contributed by atoms with Crippen LogP contribution in [0.2, 0.25) is 15.1 Å². The monoisotopic (exact) mass is 1850 g/mol. The van der Waals surface area contributed by atoms with Crippen LogP contribution in [0.1, 0.15) is 111 Å². The third-order valence-electron chi connectivity index (χ3n) is 21.7. The zero-order chi connectivity index (χ0) is 93.5. The van der Waals surface area contributed by atoms with Crippen molar-refractivity contribution in [3.63, 3.8) is 0 Å². The Morgan fingerprint density at radius 1 is 0.736 bits per heavy atom. The lowest BCUT2D eigenvalue weighted by molar-refractivity contribution is -0.334. The maximum absolute atomic E-state index is 16.4. The summed E-state index contributed by atoms with van der Waals surface area (Å²) in [5.74, 6) is -19.1. The van der Waals surface area contributed by atoms with Gasteiger partial charge in [0.25, 0.3) is 11.8 Å². The van der Waals surface area contributed by atoms with Crippen molar-refractivity contribution < 1.29 is 132 Å². The first-order chi connectivity index (χ1) is 61.2. The number of carbonyl (C=O) groups excluding carboxylic acids is 10. The molecule has 11 bridgehead atoms. The molecular weight excluding hydrogens is 1760 g/mol. The molecule has 7 aliphatic rings. The number of phenols is 3. The van der Waals surface area contributed by atoms with Gasteiger partial charge in [0.1, 0.15) is 107 Å². The summed E-state index contributed by atoms with van der Waals surface area (Å²) in [6.07, 6.45) is -17.6. The molecule has 0 saturated carbocycles. The maximum atomic E-state index is 16.4. The minimum atomic E-state index is -2.44. The Labute approximate surface area is 746 Å². The molecule has 8 heterocycles. The number of anilines is 1. The molecule has 46 heteroatoms. The van der Waals surface area contributed by atoms with E-state index in [-0.39, 0.29) is 65.8 Å². The number of ether oxygens (including phenoxy) is 6. The number of nitrogens with one attached hydrogen (secondary N) is 11. The van der Waals surface area contributed by atoms with Crippen molar-refractivity contribution in [2.24, 2.45) is 11.7 Å². The molecule has 7 aliphatic heterocycles. The number of halogens is 4. The molecule has 18 atom stereocenters. The summed E-state index contributed by atoms with van der Waals surface area (Å²) in [7, 11) is 1.45. The van der Waals surface area contributed by atoms with Crippen LogP contribution < -0.4 is 84.3 Å². The number of carbonyl (C=O) groups is 10. The maximum Gasteiger partial charge on any atom is 0.349 e. The van der Waals surface area contributed by atoms with Crippen LogP contribution >= 0.6 is 34.8 Å². The molecule has 686 valence electrons. The zero-order valence-electron chi connectivity index (χ0n) is 68.7. The summed E-state index contributed by atoms with van der Waals surface area (Å²) in [5, 5.41) is 140. The fourth-order valence-electron chi connectivity index (χ4n) is 15.1. The highest BCUT2D eigenvalue weighted by molar-refractivity contribution is 6.32. The summed E-state index contributed by atoms with van der Waals surface area (Å²) >= 11 is 20.1. The quantitative estimate of drug-likeness (QED) is 0.0236. The van der Waals surface area contributed by atoms with Crippen LogP contribution in [0, 0.1) is 23.2 Å². The number of rotatable bonds is 23. The second-order valence-electron chi connectivity index (χ2n) is 31.4. The number of primary amides is 1. The predicted octanol–water partition coefficient (Wildman–Crippen LogP) is 0.528. The lowest BCUT2D eigenvalue weighted by Gasteiger charge is -2.48. The van der Waals surface area contributed by atoms with E-state index in [4.69, 9.17) is 79.1 Å². The summed E-state index contributed by atoms with van der Waals surface area (Å²) in [5.41, 5.74) is 2.52. The third kappa shape index (κ3) is 22.1. The second kappa shape index (κ2) is 40.9. The Kier molecular flexibility index (Phi) is 30.3. The van der Waals surface area contributed by atoms with Crippen molar-refractivity contribution >= 4 is 99.7 Å². The van der Waals surface area contributed by atoms with Crippen LogP contribution in [-0.2, 0) is 80.0 Å². The average Bonchev–Trinajstić information content (AvgIpc) is 0.765. The first-order valence-corrected chi connectivity index (χ1v) is 41.0. The van der Waals surface area contributed by atoms with Crippen molar-refractivity contribution in [2.45, 2.75) is 169 Å². The molecule has 10 amide bonds. The number of amides is 10. The fraction of sp³-hybridized carbons (Fsp3) is 0.386. The van der Waals surface area contributed by atoms with E-state index in [2.05, 4.69) is 52.8 Å². The molecule has 7 aromatic rings. The third-order valence-corrected chi connectivity index (χ3v) is 22.6. The number of aromatic nitrogens is 2. The Balaban J connectivity index is 0.998. The Hall–Kier alpha value is -12.5. The normalized spacial score (nSPS) is 25.4. The molecule has 1 unspecified atom stereocenters. The lowest BCUT2D eigenvalue weighted by atomic mass is 9.85. The number of hydrogen-bond acceptors (Lipinski definition) is 31. The van der Waals surface area contributed by atoms with E-state index in [9.17, 15) is 79.1 Å². The molecule has 42 nitrogen and oxygen atoms in total. The largest absolute Gasteiger partial charge is 0.508 e. The van der Waals surface area contributed by atoms with Crippen LogP contribution in [0.3, 0.4) is 0 Å². The number of phenolic OH excluding ortho intramolecular Hbond substituents is 3. The molecule has 14 rings (SSSR count). The van der Waals surface area contributed by atoms with Crippen LogP contribution in [-0.4, -0.2) is 220 Å². The molecule has 1 aromatic heterocycles. The van der Waals surface area contributed by atoms with E-state index in [0.717, 1.165) is 78.9 Å². The van der Waals surface area contributed by atoms with Crippen LogP contribution in [0.25, 0.3) is 11.1 Å². The van der Waals surface area contributed by atoms with Crippen molar-refractivity contribution in [1.29, 1.82) is 5.26 Å². The minimum absolute atomic E-state index is 0.0776. The van der Waals surface area contributed by atoms with E-state index in [0.29, 0.717) is 0 Å². The Bertz CT molecular complexity index is 5620. The van der Waals surface area contributed by atoms with Gasteiger partial charge in [-0.25, -0.2) is 14.7 Å². The van der Waals surface area contributed by atoms with Gasteiger partial charge in [-0.1, -0.05) is 72.9 Å². The van der Waals surface area contributed by atoms with Gasteiger partial charge in [-0.3, -0.25) is 62.7 Å². The lowest BCUT2D eigenvalue weighted by Crippen LogP contribution is -2.65. The van der Waals surface area contributed by atoms with Gasteiger partial charge in [-0.15, -0.1) is 0 Å². The van der Waals surface area contributed by atoms with Gasteiger partial charge >= 0.3 is 5.69 Å². The zero-order valence-corrected chi connectivity index (χ0v) is 71.0. The molecular formula is C83H89Cl3FN15O27. The van der Waals surface area contributed by atoms with E-state index in [1.165, 1.54) is 55.2 Å². The van der Waals surface area contributed by atoms with E-state index >= 15 is 24.0 Å². The van der Waals surface area contributed by atoms with Crippen molar-refractivity contribution in [3.8, 4) is 63.3 Å². The Morgan fingerprint density at radius 3 is 2.03 bits per heavy atom. The minimum Gasteiger partial charge on any atom is -0.508 e. The second-order valence-corrected chi connectivity index (χ2v) is 32.6. The number of hydrogen-bond donors (Lipinski definition) is 21. The van der Waals surface area contributed by atoms with Gasteiger partial charge in [0, 0.05) is 48.4 Å². The number of hydroxylamine groups is 1. The van der Waals surface area contributed by atoms with Crippen molar-refractivity contribution in [3.05, 3.63) is 174 Å². The summed E-state index contributed by atoms with van der Waals surface area (Å²) < 4.78 is 54.6. The number of benzene rings is 6. The molecule has 0 aliphatic carbocycles. The van der Waals surface area contributed by atoms with E-state index < -0.39 is 283 Å². The number of nitrogens with two attached hydrogens (primary N) is 1. The van der Waals surface area contributed by atoms with Crippen molar-refractivity contribution in [2.75, 3.05) is 32.1 Å². The summed E-state index contributed by atoms with van der Waals surface area (Å²) in [6, 6.07) is 3.56. The molecule has 129 heavy (non-hydrogen) atoms. The standard InChI is InChI=1S/C83H89Cl3FN15O27/c1-33(2)18-47(90-5)74(115)99-65-67(110)37-8-12-51(44(85)22-37)125-53-24-39-25-54(71(53)129-81-72(70(113)69(112)55(30-103)127-81)128-60-29-83(4,73(114)34(3)124-60)92-15-17-102-16-14-57(95-82(102)122)94-58(108)20-35-6-10-43(84)46(87)19-35)126-52-13-9-38(23-45(52)86)68(111)66-79(120)98-64(80(121)101-123-31-59(109)91-32-88)42-26-40(104)27-50(106)61(42)41-21-36(7-11-49(41)105)62(76(117)100-66)97-77(118)63(39)96-75(116)48(28-56(89)107)93-78(65)119/h6-14,16,19,21-27,33-34,47-48,55,60,62-70,72-73,81,90,92,103-106,110-114H,15,17-18,20,28-31H2,1-5H3,(H2,89,107)(H,91,109)(H,93,119)(H,96,116)(H,97,118)(H,98,120)(H,99,115)(H,100,117)(H,101,121)(H,94,95,108,122)/t34-,47+,48-,55+,60-,62+,63+,64+,65+,66-,67+,68+,69+,70-,72+,73+,81?,83+/m0/s1. The average molecular weight is 1850 g/mol. The molecule has 0 spiro atoms. The SMILES string of the molecule is CN[C@H](CC(C)C)C(=O)N[C@H]1C(=O)N[C@@H](CC(N)=O)C(=O)N[C@H]2C(=O)N[C@H]3C(=O)N[C@H](C(=O)N[C@@H](C(=O)NOCC(=O)NC#N)c4cc(O)cc(O)c4-c4cc3ccc4O)[C@H](O)c3ccc(c(Cl)c3)Oc3cc2cc(c3OC2O[C@H](CO)[C@@H](O)[C@H](O)[C@H]2O[C@H]2C[C@@](C)(NCCn3ccc(NC(=O)Cc4ccc(Cl)c(F)c4)nc3=O)[C@H](O)[C@H](C)O2)Oc2ccc(cc2Cl)[C@H]1O. The number of aromatic hydroxyl groups is 3. The molecule has 2 fully saturated rings. The number of likely N-dealkylation sites (N-methyl/N-ethyl adjacent to an activating group) is 1. The van der Waals surface area contributed by atoms with Crippen molar-refractivity contribution in [1.82, 2.24) is 62.9 Å². The van der Waals surface area contributed by atoms with E-state index in [1.807, 2.05) is 5.48 Å². The summed E-state index contributed by atoms with van der Waals surface area (Å²) in [6.45, 7) is 4.37. The van der Waals surface area contributed by atoms with Crippen LogP contribution in [0.5, 0.6) is 46.0 Å². The molecule has 6 aromatic carbocycles. The fourth-order valence-corrected chi connectivity index (χ4v) is 15.7. The summed E-state index contributed by atoms with van der Waals surface area (Å²) in [4.78, 5) is 168. The molecule has 22 N–H and O–H groups in total. The highest BCUT2D eigenvalue weighted by atomic mass is 35.5. The number of nitrogens with zero attached hydrogens (tertiary/aromatic N) is 3. The van der Waals surface area contributed by atoms with Crippen LogP contribution in [0.15, 0.2) is 114 Å². The number of nitriles is 1. The first kappa shape index (κ1) is 95.6. The van der Waals surface area contributed by atoms with Gasteiger partial charge in [-0.2, -0.15) is 10.2 Å². The topological polar surface area (TPSA) is 634 Å². The van der Waals surface area contributed by atoms with Gasteiger partial charge in [0.2, 0.25) is 59.3 Å². The smallest absolute Gasteiger partial charge is 0.349 e. The highest BCUT2D eigenvalue weighted by Gasteiger charge is 2.52. The van der Waals surface area contributed by atoms with Gasteiger partial charge in [0.15, 0.2) is 36.7 Å². The number of aliphatic hydroxyl groups is 6. The number of fused-ring (bicyclic) bond motifs is 15. The van der Waals surface area contributed by atoms with Gasteiger partial charge < -0.3 is 128 Å². The van der Waals surface area contributed by atoms with Gasteiger partial charge in [0.05, 0.1) is 52.8 Å². The Morgan fingerprint density at radius 2 is 1.40 bits per heavy atom. The van der Waals surface area contributed by atoms with Gasteiger partial charge in [-0.05, 0) is 139 Å². The van der Waals surface area contributed by atoms with E-state index in [1.54, 1.807) is 26.1 Å². The molecule has 2 saturated heterocycles. The van der Waals surface area contributed by atoms with Crippen LogP contribution in [0.4, 0.5) is 10.2 Å². The number of aliphatic hydroxyl groups excluding tert-OH is 6.